The molecule has 0 spiro atoms. The van der Waals surface area contributed by atoms with E-state index in [1.54, 1.807) is 0 Å². The quantitative estimate of drug-likeness (QED) is 0.168. The summed E-state index contributed by atoms with van der Waals surface area (Å²) in [6, 6.07) is 39.5. The molecule has 0 saturated carbocycles. The lowest BCUT2D eigenvalue weighted by Crippen LogP contribution is -2.58. The number of aromatic nitrogens is 1. The highest BCUT2D eigenvalue weighted by Gasteiger charge is 2.41. The summed E-state index contributed by atoms with van der Waals surface area (Å²) < 4.78 is 9.39. The number of hydrogen-bond donors (Lipinski definition) is 0. The number of nitrogens with zero attached hydrogens (tertiary/aromatic N) is 1. The van der Waals surface area contributed by atoms with Crippen molar-refractivity contribution in [3.63, 3.8) is 0 Å². The highest BCUT2D eigenvalue weighted by molar-refractivity contribution is 6.99. The van der Waals surface area contributed by atoms with Crippen molar-refractivity contribution >= 4 is 44.9 Å². The Morgan fingerprint density at radius 2 is 0.944 bits per heavy atom. The molecule has 10 rings (SSSR count). The standard InChI is InChI=1S/C51H44BNO/c1-27-17-30(4)47(31(5)18-27)36-13-15-43-39(23-36)40-24-38(49-34(8)21-29(3)22-35(49)9)26-42-51(40)53(43)44-11-10-12-46-50(44)52(42)41-25-37(14-16-45(41)54-46)48-32(6)19-28(2)20-33(48)7/h10-26H,1-9H3. The van der Waals surface area contributed by atoms with Gasteiger partial charge in [0.05, 0.1) is 5.52 Å². The minimum atomic E-state index is 0.0114. The van der Waals surface area contributed by atoms with Crippen molar-refractivity contribution in [2.75, 3.05) is 0 Å². The van der Waals surface area contributed by atoms with Gasteiger partial charge in [-0.1, -0.05) is 83.4 Å². The zero-order valence-electron chi connectivity index (χ0n) is 32.7. The van der Waals surface area contributed by atoms with Gasteiger partial charge in [0.1, 0.15) is 11.5 Å². The highest BCUT2D eigenvalue weighted by Crippen LogP contribution is 2.42. The Hall–Kier alpha value is -5.80. The van der Waals surface area contributed by atoms with Gasteiger partial charge in [0.15, 0.2) is 0 Å². The monoisotopic (exact) mass is 697 g/mol. The van der Waals surface area contributed by atoms with Crippen molar-refractivity contribution in [1.29, 1.82) is 0 Å². The summed E-state index contributed by atoms with van der Waals surface area (Å²) in [4.78, 5) is 0. The van der Waals surface area contributed by atoms with E-state index in [2.05, 4.69) is 170 Å². The fraction of sp³-hybridized carbons (Fsp3) is 0.176. The van der Waals surface area contributed by atoms with E-state index in [0.29, 0.717) is 0 Å². The fourth-order valence-corrected chi connectivity index (χ4v) is 10.6. The molecule has 0 N–H and O–H groups in total. The summed E-state index contributed by atoms with van der Waals surface area (Å²) in [6.07, 6.45) is 0. The van der Waals surface area contributed by atoms with E-state index < -0.39 is 0 Å². The summed E-state index contributed by atoms with van der Waals surface area (Å²) in [5.41, 5.74) is 27.0. The van der Waals surface area contributed by atoms with Gasteiger partial charge in [0.2, 0.25) is 0 Å². The third-order valence-corrected chi connectivity index (χ3v) is 12.2. The van der Waals surface area contributed by atoms with Gasteiger partial charge in [-0.3, -0.25) is 0 Å². The molecule has 2 nitrogen and oxygen atoms in total. The van der Waals surface area contributed by atoms with Crippen LogP contribution in [0.25, 0.3) is 60.9 Å². The molecule has 0 radical (unpaired) electrons. The minimum absolute atomic E-state index is 0.0114. The molecular weight excluding hydrogens is 653 g/mol. The van der Waals surface area contributed by atoms with Crippen molar-refractivity contribution in [3.05, 3.63) is 153 Å². The fourth-order valence-electron chi connectivity index (χ4n) is 10.6. The van der Waals surface area contributed by atoms with Crippen LogP contribution in [0.2, 0.25) is 0 Å². The Balaban J connectivity index is 1.32. The van der Waals surface area contributed by atoms with Gasteiger partial charge in [-0.15, -0.1) is 0 Å². The Morgan fingerprint density at radius 1 is 0.444 bits per heavy atom. The first-order chi connectivity index (χ1) is 26.0. The molecule has 3 heterocycles. The maximum atomic E-state index is 6.86. The van der Waals surface area contributed by atoms with Gasteiger partial charge in [-0.2, -0.15) is 0 Å². The van der Waals surface area contributed by atoms with Gasteiger partial charge >= 0.3 is 0 Å². The molecule has 0 bridgehead atoms. The lowest BCUT2D eigenvalue weighted by Gasteiger charge is -2.34. The SMILES string of the molecule is Cc1cc(C)c(-c2ccc3c(c2)B2c4c(cccc4-n4c5ccc(-c6c(C)cc(C)cc6C)cc5c5cc(-c6c(C)cc(C)cc6C)cc2c54)O3)c(C)c1. The molecule has 54 heavy (non-hydrogen) atoms. The molecule has 0 unspecified atom stereocenters. The van der Waals surface area contributed by atoms with Crippen molar-refractivity contribution in [2.45, 2.75) is 62.3 Å². The topological polar surface area (TPSA) is 14.2 Å². The average Bonchev–Trinajstić information content (AvgIpc) is 3.43. The third kappa shape index (κ3) is 4.67. The maximum Gasteiger partial charge on any atom is 0.256 e. The van der Waals surface area contributed by atoms with Crippen LogP contribution in [0.1, 0.15) is 50.1 Å². The highest BCUT2D eigenvalue weighted by atomic mass is 16.5. The molecule has 1 aromatic heterocycles. The van der Waals surface area contributed by atoms with Crippen LogP contribution in [0.5, 0.6) is 11.5 Å². The molecule has 262 valence electrons. The van der Waals surface area contributed by atoms with Crippen LogP contribution in [0, 0.1) is 62.3 Å². The van der Waals surface area contributed by atoms with Crippen molar-refractivity contribution < 1.29 is 4.74 Å². The molecule has 0 fully saturated rings. The molecule has 7 aromatic carbocycles. The first kappa shape index (κ1) is 32.8. The summed E-state index contributed by atoms with van der Waals surface area (Å²) in [5.74, 6) is 1.88. The predicted octanol–water partition coefficient (Wildman–Crippen LogP) is 11.5. The molecule has 8 aromatic rings. The average molecular weight is 698 g/mol. The van der Waals surface area contributed by atoms with E-state index in [9.17, 15) is 0 Å². The van der Waals surface area contributed by atoms with Crippen LogP contribution in [0.15, 0.2) is 103 Å². The Kier molecular flexibility index (Phi) is 7.05. The molecule has 0 aliphatic carbocycles. The molecule has 0 amide bonds. The second-order valence-electron chi connectivity index (χ2n) is 16.3. The van der Waals surface area contributed by atoms with Crippen LogP contribution in [0.4, 0.5) is 0 Å². The summed E-state index contributed by atoms with van der Waals surface area (Å²) in [6.45, 7) is 20.1. The number of fused-ring (bicyclic) bond motifs is 7. The van der Waals surface area contributed by atoms with E-state index in [-0.39, 0.29) is 6.71 Å². The Labute approximate surface area is 319 Å². The van der Waals surface area contributed by atoms with E-state index in [4.69, 9.17) is 4.74 Å². The van der Waals surface area contributed by atoms with Crippen LogP contribution < -0.4 is 21.1 Å². The van der Waals surface area contributed by atoms with E-state index >= 15 is 0 Å². The number of rotatable bonds is 3. The van der Waals surface area contributed by atoms with Crippen LogP contribution in [-0.4, -0.2) is 11.3 Å². The van der Waals surface area contributed by atoms with Crippen molar-refractivity contribution in [3.8, 4) is 50.6 Å². The van der Waals surface area contributed by atoms with Crippen LogP contribution in [0.3, 0.4) is 0 Å². The number of benzene rings is 7. The number of aryl methyl sites for hydroxylation is 9. The van der Waals surface area contributed by atoms with Crippen LogP contribution >= 0.6 is 0 Å². The normalized spacial score (nSPS) is 12.6. The van der Waals surface area contributed by atoms with Gasteiger partial charge in [-0.05, 0) is 182 Å². The smallest absolute Gasteiger partial charge is 0.256 e. The van der Waals surface area contributed by atoms with E-state index in [1.165, 1.54) is 127 Å². The van der Waals surface area contributed by atoms with Gasteiger partial charge in [-0.25, -0.2) is 0 Å². The van der Waals surface area contributed by atoms with Gasteiger partial charge in [0.25, 0.3) is 6.71 Å². The molecule has 0 atom stereocenters. The number of hydrogen-bond acceptors (Lipinski definition) is 1. The molecule has 3 heteroatoms. The van der Waals surface area contributed by atoms with E-state index in [1.807, 2.05) is 0 Å². The zero-order valence-corrected chi connectivity index (χ0v) is 32.7. The largest absolute Gasteiger partial charge is 0.458 e. The molecule has 2 aliphatic heterocycles. The minimum Gasteiger partial charge on any atom is -0.458 e. The molecule has 0 saturated heterocycles. The van der Waals surface area contributed by atoms with Crippen LogP contribution in [-0.2, 0) is 0 Å². The predicted molar refractivity (Wildman–Crippen MR) is 231 cm³/mol. The lowest BCUT2D eigenvalue weighted by molar-refractivity contribution is 0.487. The maximum absolute atomic E-state index is 6.86. The summed E-state index contributed by atoms with van der Waals surface area (Å²) in [5, 5.41) is 2.58. The second kappa shape index (κ2) is 11.6. The Morgan fingerprint density at radius 3 is 1.54 bits per heavy atom. The molecule has 2 aliphatic rings. The van der Waals surface area contributed by atoms with E-state index in [0.717, 1.165) is 11.5 Å². The second-order valence-corrected chi connectivity index (χ2v) is 16.3. The van der Waals surface area contributed by atoms with Gasteiger partial charge in [0, 0.05) is 22.0 Å². The third-order valence-electron chi connectivity index (χ3n) is 12.2. The first-order valence-corrected chi connectivity index (χ1v) is 19.3. The van der Waals surface area contributed by atoms with Crippen molar-refractivity contribution in [1.82, 2.24) is 4.57 Å². The molecular formula is C51H44BNO. The zero-order chi connectivity index (χ0) is 37.3. The first-order valence-electron chi connectivity index (χ1n) is 19.3. The Bertz CT molecular complexity index is 2890. The summed E-state index contributed by atoms with van der Waals surface area (Å²) in [7, 11) is 0. The van der Waals surface area contributed by atoms with Crippen molar-refractivity contribution in [2.24, 2.45) is 0 Å². The van der Waals surface area contributed by atoms with Gasteiger partial charge < -0.3 is 9.30 Å². The summed E-state index contributed by atoms with van der Waals surface area (Å²) >= 11 is 0. The lowest BCUT2D eigenvalue weighted by atomic mass is 9.34. The number of ether oxygens (including phenoxy) is 1.